The van der Waals surface area contributed by atoms with Gasteiger partial charge in [-0.2, -0.15) is 0 Å². The number of nitrogens with zero attached hydrogens (tertiary/aromatic N) is 3. The number of nitrogens with one attached hydrogen (secondary N) is 1. The largest absolute Gasteiger partial charge is 0.352 e. The molecular formula is C15H18N4O. The number of imidazole rings is 1. The molecule has 0 aromatic carbocycles. The Hall–Kier alpha value is -2.17. The molecule has 104 valence electrons. The molecule has 0 atom stereocenters. The van der Waals surface area contributed by atoms with Gasteiger partial charge in [0, 0.05) is 48.9 Å². The van der Waals surface area contributed by atoms with Gasteiger partial charge in [-0.15, -0.1) is 0 Å². The van der Waals surface area contributed by atoms with Gasteiger partial charge < -0.3 is 9.88 Å². The molecule has 5 nitrogen and oxygen atoms in total. The van der Waals surface area contributed by atoms with Gasteiger partial charge in [0.1, 0.15) is 5.82 Å². The zero-order chi connectivity index (χ0) is 13.9. The van der Waals surface area contributed by atoms with E-state index in [1.807, 2.05) is 6.20 Å². The monoisotopic (exact) mass is 270 g/mol. The van der Waals surface area contributed by atoms with Crippen molar-refractivity contribution in [1.29, 1.82) is 0 Å². The first kappa shape index (κ1) is 12.8. The van der Waals surface area contributed by atoms with Crippen molar-refractivity contribution in [3.05, 3.63) is 47.8 Å². The van der Waals surface area contributed by atoms with Crippen molar-refractivity contribution >= 4 is 5.91 Å². The van der Waals surface area contributed by atoms with Crippen molar-refractivity contribution in [2.75, 3.05) is 6.54 Å². The average Bonchev–Trinajstić information content (AvgIpc) is 3.24. The first-order valence-corrected chi connectivity index (χ1v) is 6.96. The molecule has 0 saturated heterocycles. The summed E-state index contributed by atoms with van der Waals surface area (Å²) in [4.78, 5) is 20.3. The summed E-state index contributed by atoms with van der Waals surface area (Å²) in [5.41, 5.74) is 1.85. The van der Waals surface area contributed by atoms with Gasteiger partial charge in [0.25, 0.3) is 5.91 Å². The number of aromatic nitrogens is 3. The molecule has 1 amide bonds. The van der Waals surface area contributed by atoms with Crippen molar-refractivity contribution in [3.63, 3.8) is 0 Å². The maximum Gasteiger partial charge on any atom is 0.251 e. The minimum absolute atomic E-state index is 0.0614. The Labute approximate surface area is 118 Å². The van der Waals surface area contributed by atoms with Crippen LogP contribution in [-0.4, -0.2) is 27.0 Å². The van der Waals surface area contributed by atoms with Gasteiger partial charge in [-0.25, -0.2) is 4.98 Å². The Morgan fingerprint density at radius 1 is 1.40 bits per heavy atom. The lowest BCUT2D eigenvalue weighted by Gasteiger charge is -2.09. The van der Waals surface area contributed by atoms with Gasteiger partial charge in [-0.1, -0.05) is 0 Å². The zero-order valence-corrected chi connectivity index (χ0v) is 11.5. The molecule has 1 N–H and O–H groups in total. The molecule has 1 aliphatic rings. The van der Waals surface area contributed by atoms with Crippen molar-refractivity contribution in [2.24, 2.45) is 0 Å². The van der Waals surface area contributed by atoms with Gasteiger partial charge >= 0.3 is 0 Å². The highest BCUT2D eigenvalue weighted by atomic mass is 16.1. The van der Waals surface area contributed by atoms with Crippen LogP contribution in [0, 0.1) is 6.92 Å². The number of rotatable bonds is 5. The molecule has 1 fully saturated rings. The fourth-order valence-corrected chi connectivity index (χ4v) is 2.41. The number of hydrogen-bond donors (Lipinski definition) is 1. The van der Waals surface area contributed by atoms with Crippen LogP contribution in [0.1, 0.15) is 40.8 Å². The Morgan fingerprint density at radius 2 is 2.15 bits per heavy atom. The van der Waals surface area contributed by atoms with E-state index in [4.69, 9.17) is 0 Å². The number of amides is 1. The van der Waals surface area contributed by atoms with Crippen LogP contribution in [-0.2, 0) is 6.42 Å². The Balaban J connectivity index is 1.57. The van der Waals surface area contributed by atoms with E-state index in [1.54, 1.807) is 24.5 Å². The number of carbonyl (C=O) groups excluding carboxylic acids is 1. The van der Waals surface area contributed by atoms with Gasteiger partial charge in [-0.05, 0) is 31.9 Å². The second-order valence-corrected chi connectivity index (χ2v) is 5.16. The summed E-state index contributed by atoms with van der Waals surface area (Å²) in [6, 6.07) is 4.05. The molecule has 0 unspecified atom stereocenters. The highest BCUT2D eigenvalue weighted by Gasteiger charge is 2.26. The molecule has 20 heavy (non-hydrogen) atoms. The van der Waals surface area contributed by atoms with Crippen LogP contribution < -0.4 is 5.32 Å². The van der Waals surface area contributed by atoms with E-state index in [1.165, 1.54) is 18.5 Å². The minimum atomic E-state index is -0.0614. The second kappa shape index (κ2) is 5.45. The highest BCUT2D eigenvalue weighted by Crippen LogP contribution is 2.36. The maximum absolute atomic E-state index is 11.9. The average molecular weight is 270 g/mol. The van der Waals surface area contributed by atoms with Crippen LogP contribution in [0.2, 0.25) is 0 Å². The van der Waals surface area contributed by atoms with E-state index in [9.17, 15) is 4.79 Å². The van der Waals surface area contributed by atoms with Crippen LogP contribution in [0.4, 0.5) is 0 Å². The molecule has 1 saturated carbocycles. The van der Waals surface area contributed by atoms with Crippen molar-refractivity contribution in [2.45, 2.75) is 32.2 Å². The first-order valence-electron chi connectivity index (χ1n) is 6.96. The number of aryl methyl sites for hydroxylation is 1. The maximum atomic E-state index is 11.9. The predicted molar refractivity (Wildman–Crippen MR) is 75.5 cm³/mol. The number of carbonyl (C=O) groups is 1. The van der Waals surface area contributed by atoms with E-state index >= 15 is 0 Å². The first-order chi connectivity index (χ1) is 9.75. The van der Waals surface area contributed by atoms with Crippen LogP contribution in [0.25, 0.3) is 0 Å². The lowest BCUT2D eigenvalue weighted by molar-refractivity contribution is 0.0954. The third-order valence-corrected chi connectivity index (χ3v) is 3.55. The van der Waals surface area contributed by atoms with Gasteiger partial charge in [0.15, 0.2) is 0 Å². The zero-order valence-electron chi connectivity index (χ0n) is 11.5. The van der Waals surface area contributed by atoms with Gasteiger partial charge in [0.05, 0.1) is 0 Å². The van der Waals surface area contributed by atoms with Crippen molar-refractivity contribution in [1.82, 2.24) is 19.9 Å². The summed E-state index contributed by atoms with van der Waals surface area (Å²) in [7, 11) is 0. The topological polar surface area (TPSA) is 59.8 Å². The fraction of sp³-hybridized carbons (Fsp3) is 0.400. The smallest absolute Gasteiger partial charge is 0.251 e. The second-order valence-electron chi connectivity index (χ2n) is 5.16. The van der Waals surface area contributed by atoms with Crippen LogP contribution in [0.3, 0.4) is 0 Å². The Kier molecular flexibility index (Phi) is 3.50. The predicted octanol–water partition coefficient (Wildman–Crippen LogP) is 1.89. The SMILES string of the molecule is Cc1cnc(CCNC(=O)c2ccncc2)n1C1CC1. The Morgan fingerprint density at radius 3 is 2.85 bits per heavy atom. The number of pyridine rings is 1. The molecule has 3 rings (SSSR count). The lowest BCUT2D eigenvalue weighted by atomic mass is 10.2. The molecule has 0 aliphatic heterocycles. The molecule has 0 bridgehead atoms. The molecule has 2 aromatic heterocycles. The van der Waals surface area contributed by atoms with Gasteiger partial charge in [-0.3, -0.25) is 9.78 Å². The lowest BCUT2D eigenvalue weighted by Crippen LogP contribution is -2.26. The van der Waals surface area contributed by atoms with E-state index < -0.39 is 0 Å². The third-order valence-electron chi connectivity index (χ3n) is 3.55. The van der Waals surface area contributed by atoms with Gasteiger partial charge in [0.2, 0.25) is 0 Å². The summed E-state index contributed by atoms with van der Waals surface area (Å²) in [5, 5.41) is 2.92. The van der Waals surface area contributed by atoms with E-state index in [-0.39, 0.29) is 5.91 Å². The van der Waals surface area contributed by atoms with Crippen LogP contribution in [0.5, 0.6) is 0 Å². The molecular weight excluding hydrogens is 252 g/mol. The Bertz CT molecular complexity index is 602. The standard InChI is InChI=1S/C15H18N4O/c1-11-10-18-14(19(11)13-2-3-13)6-9-17-15(20)12-4-7-16-8-5-12/h4-5,7-8,10,13H,2-3,6,9H2,1H3,(H,17,20). The summed E-state index contributed by atoms with van der Waals surface area (Å²) in [6.45, 7) is 2.69. The molecule has 0 spiro atoms. The van der Waals surface area contributed by atoms with Crippen LogP contribution >= 0.6 is 0 Å². The van der Waals surface area contributed by atoms with E-state index in [0.29, 0.717) is 18.2 Å². The van der Waals surface area contributed by atoms with E-state index in [2.05, 4.69) is 26.8 Å². The molecule has 2 heterocycles. The molecule has 2 aromatic rings. The van der Waals surface area contributed by atoms with Crippen molar-refractivity contribution < 1.29 is 4.79 Å². The van der Waals surface area contributed by atoms with E-state index in [0.717, 1.165) is 12.2 Å². The molecule has 0 radical (unpaired) electrons. The summed E-state index contributed by atoms with van der Waals surface area (Å²) in [6.07, 6.45) is 8.41. The normalized spacial score (nSPS) is 14.2. The fourth-order valence-electron chi connectivity index (χ4n) is 2.41. The molecule has 5 heteroatoms. The summed E-state index contributed by atoms with van der Waals surface area (Å²) >= 11 is 0. The quantitative estimate of drug-likeness (QED) is 0.902. The third kappa shape index (κ3) is 2.71. The molecule has 1 aliphatic carbocycles. The highest BCUT2D eigenvalue weighted by molar-refractivity contribution is 5.93. The summed E-state index contributed by atoms with van der Waals surface area (Å²) in [5.74, 6) is 1.01. The van der Waals surface area contributed by atoms with Crippen LogP contribution in [0.15, 0.2) is 30.7 Å². The summed E-state index contributed by atoms with van der Waals surface area (Å²) < 4.78 is 2.30. The number of hydrogen-bond acceptors (Lipinski definition) is 3. The minimum Gasteiger partial charge on any atom is -0.352 e. The van der Waals surface area contributed by atoms with Crippen molar-refractivity contribution in [3.8, 4) is 0 Å².